The third-order valence-electron chi connectivity index (χ3n) is 1.84. The third kappa shape index (κ3) is 9.59. The first kappa shape index (κ1) is 18.7. The van der Waals surface area contributed by atoms with Crippen LogP contribution in [0.3, 0.4) is 0 Å². The molecular formula is C13H23NO4. The van der Waals surface area contributed by atoms with E-state index in [4.69, 9.17) is 10.5 Å². The van der Waals surface area contributed by atoms with Crippen LogP contribution in [0, 0.1) is 5.92 Å². The minimum absolute atomic E-state index is 0.139. The SMILES string of the molecule is C=C(C(=O)OCCN)C(C)C.C=C(C)C(=O)OC. The first-order valence-corrected chi connectivity index (χ1v) is 5.57. The highest BCUT2D eigenvalue weighted by molar-refractivity contribution is 5.88. The summed E-state index contributed by atoms with van der Waals surface area (Å²) in [5.74, 6) is -0.550. The maximum Gasteiger partial charge on any atom is 0.333 e. The Bertz CT molecular complexity index is 308. The number of nitrogens with two attached hydrogens (primary N) is 1. The van der Waals surface area contributed by atoms with Gasteiger partial charge in [0.05, 0.1) is 7.11 Å². The summed E-state index contributed by atoms with van der Waals surface area (Å²) in [6.45, 7) is 13.0. The molecule has 0 aliphatic carbocycles. The second kappa shape index (κ2) is 10.5. The predicted octanol–water partition coefficient (Wildman–Crippen LogP) is 1.44. The van der Waals surface area contributed by atoms with Crippen LogP contribution < -0.4 is 5.73 Å². The van der Waals surface area contributed by atoms with E-state index in [9.17, 15) is 9.59 Å². The van der Waals surface area contributed by atoms with E-state index in [-0.39, 0.29) is 24.5 Å². The van der Waals surface area contributed by atoms with Crippen LogP contribution in [0.15, 0.2) is 24.3 Å². The minimum atomic E-state index is -0.347. The van der Waals surface area contributed by atoms with Crippen molar-refractivity contribution in [2.24, 2.45) is 11.7 Å². The van der Waals surface area contributed by atoms with Crippen molar-refractivity contribution in [1.29, 1.82) is 0 Å². The van der Waals surface area contributed by atoms with E-state index in [0.717, 1.165) is 0 Å². The van der Waals surface area contributed by atoms with E-state index >= 15 is 0 Å². The molecule has 0 atom stereocenters. The molecule has 0 saturated carbocycles. The minimum Gasteiger partial charge on any atom is -0.466 e. The molecule has 5 nitrogen and oxygen atoms in total. The van der Waals surface area contributed by atoms with Crippen LogP contribution in [0.5, 0.6) is 0 Å². The van der Waals surface area contributed by atoms with E-state index < -0.39 is 0 Å². The van der Waals surface area contributed by atoms with Gasteiger partial charge in [0.25, 0.3) is 0 Å². The molecule has 0 saturated heterocycles. The molecule has 0 bridgehead atoms. The Hall–Kier alpha value is -1.62. The molecule has 0 radical (unpaired) electrons. The van der Waals surface area contributed by atoms with Crippen molar-refractivity contribution < 1.29 is 19.1 Å². The number of ether oxygens (including phenoxy) is 2. The van der Waals surface area contributed by atoms with Crippen LogP contribution >= 0.6 is 0 Å². The van der Waals surface area contributed by atoms with Crippen LogP contribution in [0.4, 0.5) is 0 Å². The highest BCUT2D eigenvalue weighted by Crippen LogP contribution is 2.07. The molecule has 0 amide bonds. The Labute approximate surface area is 109 Å². The van der Waals surface area contributed by atoms with Gasteiger partial charge in [-0.05, 0) is 12.8 Å². The van der Waals surface area contributed by atoms with Gasteiger partial charge in [-0.15, -0.1) is 0 Å². The highest BCUT2D eigenvalue weighted by Gasteiger charge is 2.10. The van der Waals surface area contributed by atoms with Crippen molar-refractivity contribution in [2.75, 3.05) is 20.3 Å². The second-order valence-corrected chi connectivity index (χ2v) is 3.88. The van der Waals surface area contributed by atoms with Gasteiger partial charge in [-0.3, -0.25) is 0 Å². The Kier molecular flexibility index (Phi) is 11.0. The smallest absolute Gasteiger partial charge is 0.333 e. The molecule has 0 fully saturated rings. The molecule has 0 aromatic rings. The van der Waals surface area contributed by atoms with E-state index in [1.807, 2.05) is 13.8 Å². The molecule has 0 heterocycles. The molecule has 0 aliphatic heterocycles. The zero-order valence-corrected chi connectivity index (χ0v) is 11.6. The van der Waals surface area contributed by atoms with Crippen LogP contribution in [-0.2, 0) is 19.1 Å². The third-order valence-corrected chi connectivity index (χ3v) is 1.84. The summed E-state index contributed by atoms with van der Waals surface area (Å²) < 4.78 is 9.02. The zero-order chi connectivity index (χ0) is 14.7. The van der Waals surface area contributed by atoms with Gasteiger partial charge in [0.1, 0.15) is 6.61 Å². The summed E-state index contributed by atoms with van der Waals surface area (Å²) in [7, 11) is 1.33. The summed E-state index contributed by atoms with van der Waals surface area (Å²) >= 11 is 0. The van der Waals surface area contributed by atoms with Gasteiger partial charge in [0.15, 0.2) is 0 Å². The van der Waals surface area contributed by atoms with E-state index in [0.29, 0.717) is 17.7 Å². The Morgan fingerprint density at radius 3 is 1.94 bits per heavy atom. The standard InChI is InChI=1S/C8H15NO2.C5H8O2/c1-6(2)7(3)8(10)11-5-4-9;1-4(2)5(6)7-3/h6H,3-5,9H2,1-2H3;1H2,2-3H3. The molecule has 0 rings (SSSR count). The van der Waals surface area contributed by atoms with Crippen molar-refractivity contribution in [3.63, 3.8) is 0 Å². The molecule has 0 spiro atoms. The Morgan fingerprint density at radius 2 is 1.72 bits per heavy atom. The number of hydrogen-bond acceptors (Lipinski definition) is 5. The number of rotatable bonds is 5. The molecule has 0 aromatic carbocycles. The molecule has 18 heavy (non-hydrogen) atoms. The molecule has 2 N–H and O–H groups in total. The fraction of sp³-hybridized carbons (Fsp3) is 0.538. The maximum atomic E-state index is 11.0. The average molecular weight is 257 g/mol. The molecule has 0 aliphatic rings. The normalized spacial score (nSPS) is 9.00. The summed E-state index contributed by atoms with van der Waals surface area (Å²) in [6, 6.07) is 0. The van der Waals surface area contributed by atoms with Gasteiger partial charge < -0.3 is 15.2 Å². The van der Waals surface area contributed by atoms with Gasteiger partial charge in [0, 0.05) is 17.7 Å². The number of hydrogen-bond donors (Lipinski definition) is 1. The van der Waals surface area contributed by atoms with Crippen LogP contribution in [-0.4, -0.2) is 32.2 Å². The quantitative estimate of drug-likeness (QED) is 0.595. The highest BCUT2D eigenvalue weighted by atomic mass is 16.5. The van der Waals surface area contributed by atoms with Gasteiger partial charge in [-0.25, -0.2) is 9.59 Å². The van der Waals surface area contributed by atoms with Crippen molar-refractivity contribution >= 4 is 11.9 Å². The van der Waals surface area contributed by atoms with Crippen LogP contribution in [0.2, 0.25) is 0 Å². The first-order chi connectivity index (χ1) is 8.27. The fourth-order valence-electron chi connectivity index (χ4n) is 0.654. The van der Waals surface area contributed by atoms with E-state index in [1.54, 1.807) is 6.92 Å². The number of carbonyl (C=O) groups is 2. The van der Waals surface area contributed by atoms with Gasteiger partial charge in [0.2, 0.25) is 0 Å². The molecule has 5 heteroatoms. The summed E-state index contributed by atoms with van der Waals surface area (Å²) in [5, 5.41) is 0. The molecule has 0 aromatic heterocycles. The lowest BCUT2D eigenvalue weighted by Crippen LogP contribution is -2.16. The number of esters is 2. The molecule has 0 unspecified atom stereocenters. The molecular weight excluding hydrogens is 234 g/mol. The lowest BCUT2D eigenvalue weighted by atomic mass is 10.1. The summed E-state index contributed by atoms with van der Waals surface area (Å²) in [4.78, 5) is 21.2. The van der Waals surface area contributed by atoms with Crippen molar-refractivity contribution in [3.05, 3.63) is 24.3 Å². The number of methoxy groups -OCH3 is 1. The van der Waals surface area contributed by atoms with Crippen LogP contribution in [0.1, 0.15) is 20.8 Å². The topological polar surface area (TPSA) is 78.6 Å². The lowest BCUT2D eigenvalue weighted by Gasteiger charge is -2.07. The Balaban J connectivity index is 0. The lowest BCUT2D eigenvalue weighted by molar-refractivity contribution is -0.139. The fourth-order valence-corrected chi connectivity index (χ4v) is 0.654. The van der Waals surface area contributed by atoms with Gasteiger partial charge in [-0.1, -0.05) is 27.0 Å². The van der Waals surface area contributed by atoms with Gasteiger partial charge in [-0.2, -0.15) is 0 Å². The van der Waals surface area contributed by atoms with Crippen molar-refractivity contribution in [2.45, 2.75) is 20.8 Å². The maximum absolute atomic E-state index is 11.0. The van der Waals surface area contributed by atoms with Crippen molar-refractivity contribution in [3.8, 4) is 0 Å². The number of carbonyl (C=O) groups excluding carboxylic acids is 2. The first-order valence-electron chi connectivity index (χ1n) is 5.57. The molecule has 104 valence electrons. The van der Waals surface area contributed by atoms with E-state index in [1.165, 1.54) is 7.11 Å². The monoisotopic (exact) mass is 257 g/mol. The average Bonchev–Trinajstić information content (AvgIpc) is 2.34. The Morgan fingerprint density at radius 1 is 1.22 bits per heavy atom. The summed E-state index contributed by atoms with van der Waals surface area (Å²) in [6.07, 6.45) is 0. The van der Waals surface area contributed by atoms with E-state index in [2.05, 4.69) is 17.9 Å². The van der Waals surface area contributed by atoms with Crippen molar-refractivity contribution in [1.82, 2.24) is 0 Å². The predicted molar refractivity (Wildman–Crippen MR) is 70.8 cm³/mol. The second-order valence-electron chi connectivity index (χ2n) is 3.88. The summed E-state index contributed by atoms with van der Waals surface area (Å²) in [5.41, 5.74) is 6.08. The zero-order valence-electron chi connectivity index (χ0n) is 11.6. The van der Waals surface area contributed by atoms with Gasteiger partial charge >= 0.3 is 11.9 Å². The largest absolute Gasteiger partial charge is 0.466 e. The van der Waals surface area contributed by atoms with Crippen LogP contribution in [0.25, 0.3) is 0 Å².